The van der Waals surface area contributed by atoms with E-state index in [4.69, 9.17) is 4.74 Å². The van der Waals surface area contributed by atoms with Gasteiger partial charge in [-0.25, -0.2) is 0 Å². The molecule has 24 heavy (non-hydrogen) atoms. The largest absolute Gasteiger partial charge is 0.497 e. The molecule has 4 nitrogen and oxygen atoms in total. The molecule has 0 radical (unpaired) electrons. The summed E-state index contributed by atoms with van der Waals surface area (Å²) in [6, 6.07) is 17.8. The normalized spacial score (nSPS) is 10.5. The number of rotatable bonds is 5. The fraction of sp³-hybridized carbons (Fsp3) is 0.100. The van der Waals surface area contributed by atoms with E-state index in [-0.39, 0.29) is 12.2 Å². The average molecular weight is 320 g/mol. The van der Waals surface area contributed by atoms with Gasteiger partial charge < -0.3 is 9.84 Å². The number of ketones is 1. The number of carbonyl (C=O) groups is 2. The number of carbonyl (C=O) groups excluding carboxylic acids is 1. The van der Waals surface area contributed by atoms with E-state index in [0.29, 0.717) is 22.4 Å². The SMILES string of the molecule is COc1ccc2c(CC(=O)O)c(C(=O)c3ccccc3)ccc2c1. The fourth-order valence-corrected chi connectivity index (χ4v) is 2.80. The van der Waals surface area contributed by atoms with Crippen LogP contribution >= 0.6 is 0 Å². The molecule has 0 spiro atoms. The van der Waals surface area contributed by atoms with Crippen LogP contribution in [0.3, 0.4) is 0 Å². The first-order chi connectivity index (χ1) is 11.6. The highest BCUT2D eigenvalue weighted by Gasteiger charge is 2.18. The van der Waals surface area contributed by atoms with Crippen molar-refractivity contribution in [3.63, 3.8) is 0 Å². The molecule has 0 fully saturated rings. The standard InChI is InChI=1S/C20H16O4/c1-24-15-8-10-16-14(11-15)7-9-17(18(16)12-19(21)22)20(23)13-5-3-2-4-6-13/h2-11H,12H2,1H3,(H,21,22). The first-order valence-corrected chi connectivity index (χ1v) is 7.51. The van der Waals surface area contributed by atoms with Gasteiger partial charge in [-0.1, -0.05) is 48.5 Å². The number of hydrogen-bond donors (Lipinski definition) is 1. The van der Waals surface area contributed by atoms with E-state index in [1.54, 1.807) is 49.6 Å². The predicted molar refractivity (Wildman–Crippen MR) is 91.7 cm³/mol. The molecule has 1 N–H and O–H groups in total. The smallest absolute Gasteiger partial charge is 0.307 e. The highest BCUT2D eigenvalue weighted by atomic mass is 16.5. The monoisotopic (exact) mass is 320 g/mol. The predicted octanol–water partition coefficient (Wildman–Crippen LogP) is 3.71. The molecule has 0 unspecified atom stereocenters. The zero-order chi connectivity index (χ0) is 17.1. The van der Waals surface area contributed by atoms with Crippen LogP contribution < -0.4 is 4.74 Å². The van der Waals surface area contributed by atoms with Gasteiger partial charge in [0.1, 0.15) is 5.75 Å². The van der Waals surface area contributed by atoms with E-state index >= 15 is 0 Å². The summed E-state index contributed by atoms with van der Waals surface area (Å²) in [6.45, 7) is 0. The minimum atomic E-state index is -0.972. The lowest BCUT2D eigenvalue weighted by molar-refractivity contribution is -0.136. The van der Waals surface area contributed by atoms with Gasteiger partial charge in [0.25, 0.3) is 0 Å². The van der Waals surface area contributed by atoms with Crippen molar-refractivity contribution < 1.29 is 19.4 Å². The maximum Gasteiger partial charge on any atom is 0.307 e. The van der Waals surface area contributed by atoms with E-state index in [1.807, 2.05) is 18.2 Å². The lowest BCUT2D eigenvalue weighted by atomic mass is 9.92. The zero-order valence-corrected chi connectivity index (χ0v) is 13.2. The van der Waals surface area contributed by atoms with Crippen molar-refractivity contribution in [2.75, 3.05) is 7.11 Å². The van der Waals surface area contributed by atoms with Gasteiger partial charge in [-0.2, -0.15) is 0 Å². The highest BCUT2D eigenvalue weighted by molar-refractivity contribution is 6.13. The van der Waals surface area contributed by atoms with Crippen molar-refractivity contribution in [3.05, 3.63) is 77.4 Å². The van der Waals surface area contributed by atoms with E-state index in [0.717, 1.165) is 10.8 Å². The van der Waals surface area contributed by atoms with Crippen molar-refractivity contribution >= 4 is 22.5 Å². The molecule has 0 amide bonds. The lowest BCUT2D eigenvalue weighted by Gasteiger charge is -2.12. The summed E-state index contributed by atoms with van der Waals surface area (Å²) in [7, 11) is 1.58. The molecule has 0 saturated carbocycles. The topological polar surface area (TPSA) is 63.6 Å². The Labute approximate surface area is 139 Å². The van der Waals surface area contributed by atoms with Crippen molar-refractivity contribution in [2.45, 2.75) is 6.42 Å². The Kier molecular flexibility index (Phi) is 4.29. The van der Waals surface area contributed by atoms with Crippen LogP contribution in [0.5, 0.6) is 5.75 Å². The third kappa shape index (κ3) is 2.99. The molecular formula is C20H16O4. The summed E-state index contributed by atoms with van der Waals surface area (Å²) < 4.78 is 5.21. The summed E-state index contributed by atoms with van der Waals surface area (Å²) in [5.74, 6) is -0.462. The Balaban J connectivity index is 2.20. The first kappa shape index (κ1) is 15.7. The summed E-state index contributed by atoms with van der Waals surface area (Å²) in [6.07, 6.45) is -0.211. The number of aliphatic carboxylic acids is 1. The maximum absolute atomic E-state index is 12.8. The van der Waals surface area contributed by atoms with Crippen LogP contribution in [0.1, 0.15) is 21.5 Å². The van der Waals surface area contributed by atoms with Crippen LogP contribution in [0.2, 0.25) is 0 Å². The molecule has 0 saturated heterocycles. The second kappa shape index (κ2) is 6.54. The number of carboxylic acid groups (broad SMARTS) is 1. The molecule has 3 rings (SSSR count). The van der Waals surface area contributed by atoms with Gasteiger partial charge in [-0.3, -0.25) is 9.59 Å². The molecule has 0 atom stereocenters. The second-order valence-corrected chi connectivity index (χ2v) is 5.44. The summed E-state index contributed by atoms with van der Waals surface area (Å²) in [5.41, 5.74) is 1.48. The summed E-state index contributed by atoms with van der Waals surface area (Å²) in [4.78, 5) is 24.1. The number of benzene rings is 3. The Morgan fingerprint density at radius 3 is 2.42 bits per heavy atom. The van der Waals surface area contributed by atoms with Crippen molar-refractivity contribution in [3.8, 4) is 5.75 Å². The third-order valence-corrected chi connectivity index (χ3v) is 3.95. The Morgan fingerprint density at radius 1 is 1.00 bits per heavy atom. The zero-order valence-electron chi connectivity index (χ0n) is 13.2. The van der Waals surface area contributed by atoms with Crippen LogP contribution in [-0.2, 0) is 11.2 Å². The summed E-state index contributed by atoms with van der Waals surface area (Å²) >= 11 is 0. The van der Waals surface area contributed by atoms with Gasteiger partial charge in [0.15, 0.2) is 5.78 Å². The van der Waals surface area contributed by atoms with E-state index in [9.17, 15) is 14.7 Å². The quantitative estimate of drug-likeness (QED) is 0.728. The minimum absolute atomic E-state index is 0.176. The highest BCUT2D eigenvalue weighted by Crippen LogP contribution is 2.28. The Morgan fingerprint density at radius 2 is 1.75 bits per heavy atom. The van der Waals surface area contributed by atoms with Crippen LogP contribution in [0, 0.1) is 0 Å². The average Bonchev–Trinajstić information content (AvgIpc) is 2.61. The van der Waals surface area contributed by atoms with Gasteiger partial charge in [0.2, 0.25) is 0 Å². The van der Waals surface area contributed by atoms with Crippen LogP contribution in [0.15, 0.2) is 60.7 Å². The Hall–Kier alpha value is -3.14. The second-order valence-electron chi connectivity index (χ2n) is 5.44. The van der Waals surface area contributed by atoms with Crippen molar-refractivity contribution in [1.82, 2.24) is 0 Å². The van der Waals surface area contributed by atoms with Crippen molar-refractivity contribution in [1.29, 1.82) is 0 Å². The molecule has 3 aromatic carbocycles. The Bertz CT molecular complexity index is 914. The molecule has 3 aromatic rings. The number of carboxylic acids is 1. The van der Waals surface area contributed by atoms with Crippen LogP contribution in [-0.4, -0.2) is 24.0 Å². The fourth-order valence-electron chi connectivity index (χ4n) is 2.80. The van der Waals surface area contributed by atoms with Gasteiger partial charge in [-0.05, 0) is 28.5 Å². The third-order valence-electron chi connectivity index (χ3n) is 3.95. The van der Waals surface area contributed by atoms with Gasteiger partial charge in [0, 0.05) is 11.1 Å². The number of methoxy groups -OCH3 is 1. The van der Waals surface area contributed by atoms with E-state index < -0.39 is 5.97 Å². The first-order valence-electron chi connectivity index (χ1n) is 7.51. The van der Waals surface area contributed by atoms with Gasteiger partial charge in [0.05, 0.1) is 13.5 Å². The maximum atomic E-state index is 12.8. The molecule has 0 heterocycles. The number of ether oxygens (including phenoxy) is 1. The molecule has 4 heteroatoms. The molecule has 120 valence electrons. The van der Waals surface area contributed by atoms with Crippen LogP contribution in [0.4, 0.5) is 0 Å². The van der Waals surface area contributed by atoms with E-state index in [2.05, 4.69) is 0 Å². The summed E-state index contributed by atoms with van der Waals surface area (Å²) in [5, 5.41) is 10.9. The number of fused-ring (bicyclic) bond motifs is 1. The molecule has 0 aromatic heterocycles. The van der Waals surface area contributed by atoms with E-state index in [1.165, 1.54) is 0 Å². The van der Waals surface area contributed by atoms with Crippen molar-refractivity contribution in [2.24, 2.45) is 0 Å². The molecule has 0 aliphatic carbocycles. The number of hydrogen-bond acceptors (Lipinski definition) is 3. The van der Waals surface area contributed by atoms with Gasteiger partial charge in [-0.15, -0.1) is 0 Å². The lowest BCUT2D eigenvalue weighted by Crippen LogP contribution is -2.10. The molecule has 0 bridgehead atoms. The van der Waals surface area contributed by atoms with Gasteiger partial charge >= 0.3 is 5.97 Å². The minimum Gasteiger partial charge on any atom is -0.497 e. The molecule has 0 aliphatic rings. The van der Waals surface area contributed by atoms with Crippen LogP contribution in [0.25, 0.3) is 10.8 Å². The molecule has 0 aliphatic heterocycles. The molecular weight excluding hydrogens is 304 g/mol.